The fraction of sp³-hybridized carbons (Fsp3) is 0.619. The number of halogens is 1. The molecule has 3 rings (SSSR count). The molecule has 0 unspecified atom stereocenters. The van der Waals surface area contributed by atoms with E-state index in [1.54, 1.807) is 0 Å². The molecule has 2 heterocycles. The van der Waals surface area contributed by atoms with E-state index in [1.807, 2.05) is 0 Å². The molecule has 29 heavy (non-hydrogen) atoms. The maximum absolute atomic E-state index is 13.3. The molecule has 8 heteroatoms. The van der Waals surface area contributed by atoms with Crippen molar-refractivity contribution in [1.82, 2.24) is 15.5 Å². The average Bonchev–Trinajstić information content (AvgIpc) is 3.22. The molecule has 0 bridgehead atoms. The molecular weight excluding hydrogens is 377 g/mol. The second-order valence-corrected chi connectivity index (χ2v) is 7.75. The van der Waals surface area contributed by atoms with Crippen LogP contribution >= 0.6 is 0 Å². The third-order valence-corrected chi connectivity index (χ3v) is 5.56. The van der Waals surface area contributed by atoms with Crippen LogP contribution in [-0.4, -0.2) is 72.9 Å². The summed E-state index contributed by atoms with van der Waals surface area (Å²) in [7, 11) is 0. The highest BCUT2D eigenvalue weighted by atomic mass is 19.1. The highest BCUT2D eigenvalue weighted by Crippen LogP contribution is 2.22. The van der Waals surface area contributed by atoms with Gasteiger partial charge in [0.2, 0.25) is 5.91 Å². The SMILES string of the molecule is O=C(C[C@H]1CC[C@H](NC(=O)c2cccc(F)c2)[C@@H](CO)O1)NCCN1CCCC1. The number of likely N-dealkylation sites (tertiary alicyclic amines) is 1. The van der Waals surface area contributed by atoms with Crippen LogP contribution in [-0.2, 0) is 9.53 Å². The number of hydrogen-bond donors (Lipinski definition) is 3. The van der Waals surface area contributed by atoms with Crippen molar-refractivity contribution in [3.8, 4) is 0 Å². The van der Waals surface area contributed by atoms with Gasteiger partial charge >= 0.3 is 0 Å². The van der Waals surface area contributed by atoms with Gasteiger partial charge < -0.3 is 25.4 Å². The van der Waals surface area contributed by atoms with E-state index in [1.165, 1.54) is 37.1 Å². The number of nitrogens with zero attached hydrogens (tertiary/aromatic N) is 1. The molecular formula is C21H30FN3O4. The molecule has 0 spiro atoms. The lowest BCUT2D eigenvalue weighted by Crippen LogP contribution is -2.51. The van der Waals surface area contributed by atoms with E-state index in [9.17, 15) is 19.1 Å². The quantitative estimate of drug-likeness (QED) is 0.600. The largest absolute Gasteiger partial charge is 0.394 e. The third kappa shape index (κ3) is 6.48. The number of nitrogens with one attached hydrogen (secondary N) is 2. The minimum atomic E-state index is -0.594. The van der Waals surface area contributed by atoms with Crippen molar-refractivity contribution in [3.05, 3.63) is 35.6 Å². The molecule has 1 aromatic carbocycles. The summed E-state index contributed by atoms with van der Waals surface area (Å²) in [4.78, 5) is 26.8. The Kier molecular flexibility index (Phi) is 7.97. The molecule has 3 N–H and O–H groups in total. The molecule has 2 aliphatic heterocycles. The van der Waals surface area contributed by atoms with Gasteiger partial charge in [-0.15, -0.1) is 0 Å². The number of ether oxygens (including phenoxy) is 1. The Balaban J connectivity index is 1.42. The summed E-state index contributed by atoms with van der Waals surface area (Å²) in [6.07, 6.45) is 2.99. The lowest BCUT2D eigenvalue weighted by molar-refractivity contribution is -0.130. The molecule has 3 atom stereocenters. The van der Waals surface area contributed by atoms with Crippen LogP contribution in [0, 0.1) is 5.82 Å². The molecule has 2 aliphatic rings. The number of aliphatic hydroxyl groups excluding tert-OH is 1. The van der Waals surface area contributed by atoms with Gasteiger partial charge in [-0.2, -0.15) is 0 Å². The van der Waals surface area contributed by atoms with Gasteiger partial charge in [0.05, 0.1) is 25.2 Å². The average molecular weight is 407 g/mol. The monoisotopic (exact) mass is 407 g/mol. The molecule has 1 aromatic rings. The van der Waals surface area contributed by atoms with E-state index in [4.69, 9.17) is 4.74 Å². The zero-order valence-electron chi connectivity index (χ0n) is 16.6. The highest BCUT2D eigenvalue weighted by molar-refractivity contribution is 5.94. The predicted molar refractivity (Wildman–Crippen MR) is 106 cm³/mol. The van der Waals surface area contributed by atoms with Gasteiger partial charge in [-0.3, -0.25) is 9.59 Å². The number of amides is 2. The van der Waals surface area contributed by atoms with Crippen LogP contribution in [0.15, 0.2) is 24.3 Å². The topological polar surface area (TPSA) is 90.9 Å². The van der Waals surface area contributed by atoms with E-state index in [2.05, 4.69) is 15.5 Å². The Morgan fingerprint density at radius 2 is 2.03 bits per heavy atom. The van der Waals surface area contributed by atoms with Gasteiger partial charge in [0.15, 0.2) is 0 Å². The number of carbonyl (C=O) groups excluding carboxylic acids is 2. The van der Waals surface area contributed by atoms with Gasteiger partial charge in [0.25, 0.3) is 5.91 Å². The van der Waals surface area contributed by atoms with E-state index < -0.39 is 17.8 Å². The first-order valence-corrected chi connectivity index (χ1v) is 10.4. The predicted octanol–water partition coefficient (Wildman–Crippen LogP) is 1.07. The standard InChI is InChI=1S/C21H30FN3O4/c22-16-5-3-4-15(12-16)21(28)24-18-7-6-17(29-19(18)14-26)13-20(27)23-8-11-25-9-1-2-10-25/h3-5,12,17-19,26H,1-2,6-11,13-14H2,(H,23,27)(H,24,28)/t17-,18+,19-/m1/s1. The fourth-order valence-corrected chi connectivity index (χ4v) is 3.97. The van der Waals surface area contributed by atoms with Crippen LogP contribution in [0.25, 0.3) is 0 Å². The summed E-state index contributed by atoms with van der Waals surface area (Å²) in [5.41, 5.74) is 0.223. The van der Waals surface area contributed by atoms with Crippen molar-refractivity contribution in [2.24, 2.45) is 0 Å². The van der Waals surface area contributed by atoms with Crippen molar-refractivity contribution in [2.45, 2.75) is 50.4 Å². The van der Waals surface area contributed by atoms with Crippen LogP contribution < -0.4 is 10.6 Å². The minimum Gasteiger partial charge on any atom is -0.394 e. The first-order valence-electron chi connectivity index (χ1n) is 10.4. The Bertz CT molecular complexity index is 696. The normalized spacial score (nSPS) is 25.0. The van der Waals surface area contributed by atoms with Gasteiger partial charge in [-0.25, -0.2) is 4.39 Å². The summed E-state index contributed by atoms with van der Waals surface area (Å²) in [5, 5.41) is 15.4. The number of carbonyl (C=O) groups is 2. The van der Waals surface area contributed by atoms with Crippen LogP contribution in [0.5, 0.6) is 0 Å². The molecule has 7 nitrogen and oxygen atoms in total. The summed E-state index contributed by atoms with van der Waals surface area (Å²) in [6, 6.07) is 5.07. The molecule has 0 aliphatic carbocycles. The molecule has 160 valence electrons. The van der Waals surface area contributed by atoms with E-state index >= 15 is 0 Å². The van der Waals surface area contributed by atoms with Crippen molar-refractivity contribution < 1.29 is 23.8 Å². The maximum Gasteiger partial charge on any atom is 0.251 e. The van der Waals surface area contributed by atoms with Crippen LogP contribution in [0.2, 0.25) is 0 Å². The van der Waals surface area contributed by atoms with Crippen molar-refractivity contribution in [1.29, 1.82) is 0 Å². The number of rotatable bonds is 8. The van der Waals surface area contributed by atoms with Gasteiger partial charge in [-0.05, 0) is 57.0 Å². The van der Waals surface area contributed by atoms with Gasteiger partial charge in [0.1, 0.15) is 11.9 Å². The maximum atomic E-state index is 13.3. The zero-order chi connectivity index (χ0) is 20.6. The lowest BCUT2D eigenvalue weighted by atomic mass is 9.96. The van der Waals surface area contributed by atoms with E-state index in [-0.39, 0.29) is 36.6 Å². The number of aliphatic hydroxyl groups is 1. The molecule has 2 amide bonds. The van der Waals surface area contributed by atoms with Crippen molar-refractivity contribution in [3.63, 3.8) is 0 Å². The van der Waals surface area contributed by atoms with Crippen molar-refractivity contribution in [2.75, 3.05) is 32.8 Å². The van der Waals surface area contributed by atoms with Crippen LogP contribution in [0.4, 0.5) is 4.39 Å². The van der Waals surface area contributed by atoms with Gasteiger partial charge in [-0.1, -0.05) is 6.07 Å². The van der Waals surface area contributed by atoms with E-state index in [0.29, 0.717) is 19.4 Å². The smallest absolute Gasteiger partial charge is 0.251 e. The Hall–Kier alpha value is -2.03. The summed E-state index contributed by atoms with van der Waals surface area (Å²) >= 11 is 0. The summed E-state index contributed by atoms with van der Waals surface area (Å²) in [5.74, 6) is -0.949. The fourth-order valence-electron chi connectivity index (χ4n) is 3.97. The molecule has 0 radical (unpaired) electrons. The molecule has 2 fully saturated rings. The minimum absolute atomic E-state index is 0.0619. The van der Waals surface area contributed by atoms with Crippen LogP contribution in [0.3, 0.4) is 0 Å². The Labute approximate surface area is 170 Å². The summed E-state index contributed by atoms with van der Waals surface area (Å²) < 4.78 is 19.2. The second-order valence-electron chi connectivity index (χ2n) is 7.75. The first-order chi connectivity index (χ1) is 14.0. The number of benzene rings is 1. The highest BCUT2D eigenvalue weighted by Gasteiger charge is 2.33. The lowest BCUT2D eigenvalue weighted by Gasteiger charge is -2.36. The van der Waals surface area contributed by atoms with E-state index in [0.717, 1.165) is 19.6 Å². The Morgan fingerprint density at radius 1 is 1.24 bits per heavy atom. The van der Waals surface area contributed by atoms with Crippen LogP contribution in [0.1, 0.15) is 42.5 Å². The van der Waals surface area contributed by atoms with Gasteiger partial charge in [0, 0.05) is 18.7 Å². The first kappa shape index (κ1) is 21.7. The molecule has 2 saturated heterocycles. The molecule has 0 saturated carbocycles. The zero-order valence-corrected chi connectivity index (χ0v) is 16.6. The second kappa shape index (κ2) is 10.7. The Morgan fingerprint density at radius 3 is 2.76 bits per heavy atom. The van der Waals surface area contributed by atoms with Crippen molar-refractivity contribution >= 4 is 11.8 Å². The number of hydrogen-bond acceptors (Lipinski definition) is 5. The third-order valence-electron chi connectivity index (χ3n) is 5.56. The summed E-state index contributed by atoms with van der Waals surface area (Å²) in [6.45, 7) is 3.43. The molecule has 0 aromatic heterocycles.